The molecule has 0 spiro atoms. The first kappa shape index (κ1) is 49.4. The largest absolute Gasteiger partial charge is 0.368 e. The number of hydrogen-bond acceptors (Lipinski definition) is 12. The van der Waals surface area contributed by atoms with Crippen LogP contribution in [0.4, 0.5) is 11.4 Å². The maximum Gasteiger partial charge on any atom is 0.274 e. The molecular formula is C54H68N12O5. The van der Waals surface area contributed by atoms with Crippen molar-refractivity contribution in [1.29, 1.82) is 0 Å². The van der Waals surface area contributed by atoms with Gasteiger partial charge in [0, 0.05) is 122 Å². The Hall–Kier alpha value is -6.56. The summed E-state index contributed by atoms with van der Waals surface area (Å²) in [6.07, 6.45) is 10.2. The molecule has 0 aliphatic carbocycles. The molecule has 17 heteroatoms. The van der Waals surface area contributed by atoms with Crippen molar-refractivity contribution in [3.8, 4) is 11.1 Å². The van der Waals surface area contributed by atoms with Crippen molar-refractivity contribution in [3.63, 3.8) is 0 Å². The molecule has 5 aromatic rings. The van der Waals surface area contributed by atoms with E-state index in [2.05, 4.69) is 64.3 Å². The zero-order valence-corrected chi connectivity index (χ0v) is 41.5. The van der Waals surface area contributed by atoms with E-state index in [-0.39, 0.29) is 47.3 Å². The van der Waals surface area contributed by atoms with Crippen molar-refractivity contribution in [2.45, 2.75) is 58.9 Å². The molecule has 4 aliphatic rings. The standard InChI is InChI=1S/C54H68N12O5/c1-4-37-7-6-8-42(25-37)43-29-48(59-49(67)34-55-30-39-11-14-61(3)50(68)27-39)51(58-32-43)54(71)66-23-19-62(20-24-66)35-38-12-15-65(16-13-38)53(70)45-10-9-44(33-57-45)64-21-17-63(18-22-64)36-40-26-47-46(56-31-40)28-41(5-2)52(69)60-47/h6-10,25-26,28-29,31-33,38-39,55H,4-5,11-24,27,30,34-36H2,1-3H3,(H,59,67)(H,60,69). The maximum atomic E-state index is 14.1. The van der Waals surface area contributed by atoms with Gasteiger partial charge in [-0.05, 0) is 97.5 Å². The van der Waals surface area contributed by atoms with Crippen LogP contribution < -0.4 is 21.1 Å². The number of pyridine rings is 4. The molecule has 374 valence electrons. The van der Waals surface area contributed by atoms with Gasteiger partial charge in [-0.2, -0.15) is 0 Å². The number of piperazine rings is 2. The Labute approximate surface area is 416 Å². The molecule has 1 aromatic carbocycles. The van der Waals surface area contributed by atoms with E-state index < -0.39 is 0 Å². The molecule has 17 nitrogen and oxygen atoms in total. The number of aromatic nitrogens is 4. The van der Waals surface area contributed by atoms with Gasteiger partial charge in [0.2, 0.25) is 11.8 Å². The number of piperidine rings is 2. The molecule has 4 fully saturated rings. The van der Waals surface area contributed by atoms with Crippen LogP contribution in [0, 0.1) is 11.8 Å². The third-order valence-electron chi connectivity index (χ3n) is 14.9. The molecule has 0 saturated carbocycles. The Morgan fingerprint density at radius 1 is 0.704 bits per heavy atom. The topological polar surface area (TPSA) is 183 Å². The Kier molecular flexibility index (Phi) is 15.8. The highest BCUT2D eigenvalue weighted by molar-refractivity contribution is 6.03. The van der Waals surface area contributed by atoms with E-state index in [4.69, 9.17) is 0 Å². The van der Waals surface area contributed by atoms with E-state index in [9.17, 15) is 24.0 Å². The summed E-state index contributed by atoms with van der Waals surface area (Å²) in [6, 6.07) is 17.8. The maximum absolute atomic E-state index is 14.1. The van der Waals surface area contributed by atoms with Gasteiger partial charge >= 0.3 is 0 Å². The zero-order valence-electron chi connectivity index (χ0n) is 41.5. The lowest BCUT2D eigenvalue weighted by atomic mass is 9.95. The highest BCUT2D eigenvalue weighted by atomic mass is 16.2. The molecular weight excluding hydrogens is 897 g/mol. The van der Waals surface area contributed by atoms with Crippen molar-refractivity contribution in [1.82, 2.24) is 49.8 Å². The predicted molar refractivity (Wildman–Crippen MR) is 275 cm³/mol. The van der Waals surface area contributed by atoms with Crippen molar-refractivity contribution in [2.75, 3.05) is 109 Å². The Morgan fingerprint density at radius 3 is 2.20 bits per heavy atom. The van der Waals surface area contributed by atoms with Gasteiger partial charge in [0.1, 0.15) is 5.69 Å². The van der Waals surface area contributed by atoms with Crippen LogP contribution in [0.25, 0.3) is 22.2 Å². The quantitative estimate of drug-likeness (QED) is 0.134. The molecule has 4 saturated heterocycles. The summed E-state index contributed by atoms with van der Waals surface area (Å²) < 4.78 is 0. The molecule has 4 aromatic heterocycles. The van der Waals surface area contributed by atoms with Gasteiger partial charge in [-0.25, -0.2) is 9.97 Å². The number of likely N-dealkylation sites (tertiary alicyclic amines) is 2. The van der Waals surface area contributed by atoms with Crippen LogP contribution in [-0.4, -0.2) is 167 Å². The number of carbonyl (C=O) groups excluding carboxylic acids is 4. The Balaban J connectivity index is 0.723. The normalized spacial score (nSPS) is 18.6. The van der Waals surface area contributed by atoms with Crippen LogP contribution in [0.1, 0.15) is 77.2 Å². The number of nitrogens with one attached hydrogen (secondary N) is 3. The van der Waals surface area contributed by atoms with E-state index in [1.54, 1.807) is 11.1 Å². The SMILES string of the molecule is CCc1cccc(-c2cnc(C(=O)N3CCN(CC4CCN(C(=O)c5ccc(N6CCN(Cc7cnc8cc(CC)c(=O)[nH]c8c7)CC6)cn5)CC4)CC3)c(NC(=O)CNCC3CCN(C)C(=O)C3)c2)c1. The summed E-state index contributed by atoms with van der Waals surface area (Å²) in [6.45, 7) is 14.4. The summed E-state index contributed by atoms with van der Waals surface area (Å²) in [4.78, 5) is 95.2. The van der Waals surface area contributed by atoms with Crippen LogP contribution in [-0.2, 0) is 29.0 Å². The number of amides is 4. The number of nitrogens with zero attached hydrogens (tertiary/aromatic N) is 9. The van der Waals surface area contributed by atoms with Crippen molar-refractivity contribution in [2.24, 2.45) is 11.8 Å². The van der Waals surface area contributed by atoms with Crippen LogP contribution in [0.3, 0.4) is 0 Å². The molecule has 1 unspecified atom stereocenters. The number of aromatic amines is 1. The lowest BCUT2D eigenvalue weighted by Crippen LogP contribution is -2.51. The first-order valence-corrected chi connectivity index (χ1v) is 25.6. The minimum Gasteiger partial charge on any atom is -0.368 e. The summed E-state index contributed by atoms with van der Waals surface area (Å²) in [5.41, 5.74) is 8.40. The van der Waals surface area contributed by atoms with E-state index in [1.807, 2.05) is 78.6 Å². The number of fused-ring (bicyclic) bond motifs is 1. The second kappa shape index (κ2) is 22.7. The molecule has 1 atom stereocenters. The van der Waals surface area contributed by atoms with Gasteiger partial charge in [0.25, 0.3) is 17.4 Å². The fourth-order valence-electron chi connectivity index (χ4n) is 10.4. The number of hydrogen-bond donors (Lipinski definition) is 3. The lowest BCUT2D eigenvalue weighted by Gasteiger charge is -2.39. The highest BCUT2D eigenvalue weighted by Crippen LogP contribution is 2.28. The number of H-pyrrole nitrogens is 1. The van der Waals surface area contributed by atoms with E-state index in [0.717, 1.165) is 117 Å². The van der Waals surface area contributed by atoms with Crippen molar-refractivity contribution in [3.05, 3.63) is 112 Å². The van der Waals surface area contributed by atoms with Gasteiger partial charge in [0.15, 0.2) is 5.69 Å². The minimum absolute atomic E-state index is 0.0310. The van der Waals surface area contributed by atoms with E-state index in [0.29, 0.717) is 69.4 Å². The monoisotopic (exact) mass is 965 g/mol. The number of aryl methyl sites for hydroxylation is 2. The van der Waals surface area contributed by atoms with E-state index >= 15 is 0 Å². The summed E-state index contributed by atoms with van der Waals surface area (Å²) >= 11 is 0. The summed E-state index contributed by atoms with van der Waals surface area (Å²) in [7, 11) is 1.82. The molecule has 71 heavy (non-hydrogen) atoms. The smallest absolute Gasteiger partial charge is 0.274 e. The average Bonchev–Trinajstić information content (AvgIpc) is 3.40. The molecule has 0 radical (unpaired) electrons. The summed E-state index contributed by atoms with van der Waals surface area (Å²) in [5.74, 6) is 0.242. The van der Waals surface area contributed by atoms with Gasteiger partial charge in [-0.3, -0.25) is 38.8 Å². The molecule has 8 heterocycles. The molecule has 4 aliphatic heterocycles. The van der Waals surface area contributed by atoms with Gasteiger partial charge in [0.05, 0.1) is 35.1 Å². The van der Waals surface area contributed by atoms with Crippen LogP contribution in [0.2, 0.25) is 0 Å². The molecule has 3 N–H and O–H groups in total. The molecule has 4 amide bonds. The number of benzene rings is 1. The molecule has 0 bridgehead atoms. The highest BCUT2D eigenvalue weighted by Gasteiger charge is 2.30. The number of carbonyl (C=O) groups is 4. The average molecular weight is 965 g/mol. The van der Waals surface area contributed by atoms with Crippen molar-refractivity contribution >= 4 is 46.0 Å². The Bertz CT molecular complexity index is 2760. The third kappa shape index (κ3) is 12.1. The van der Waals surface area contributed by atoms with Crippen LogP contribution in [0.15, 0.2) is 78.0 Å². The third-order valence-corrected chi connectivity index (χ3v) is 14.9. The number of anilines is 2. The van der Waals surface area contributed by atoms with Crippen LogP contribution >= 0.6 is 0 Å². The second-order valence-electron chi connectivity index (χ2n) is 19.8. The van der Waals surface area contributed by atoms with Gasteiger partial charge in [-0.15, -0.1) is 0 Å². The number of rotatable bonds is 15. The first-order valence-electron chi connectivity index (χ1n) is 25.6. The second-order valence-corrected chi connectivity index (χ2v) is 19.8. The summed E-state index contributed by atoms with van der Waals surface area (Å²) in [5, 5.41) is 6.22. The predicted octanol–water partition coefficient (Wildman–Crippen LogP) is 4.53. The van der Waals surface area contributed by atoms with Gasteiger partial charge < -0.3 is 35.2 Å². The van der Waals surface area contributed by atoms with Gasteiger partial charge in [-0.1, -0.05) is 38.1 Å². The van der Waals surface area contributed by atoms with E-state index in [1.165, 1.54) is 5.56 Å². The molecule has 9 rings (SSSR count). The first-order chi connectivity index (χ1) is 34.5. The zero-order chi connectivity index (χ0) is 49.4. The van der Waals surface area contributed by atoms with Crippen molar-refractivity contribution < 1.29 is 19.2 Å². The lowest BCUT2D eigenvalue weighted by molar-refractivity contribution is -0.133. The fraction of sp³-hybridized carbons (Fsp3) is 0.481. The van der Waals surface area contributed by atoms with Crippen LogP contribution in [0.5, 0.6) is 0 Å². The minimum atomic E-state index is -0.271. The fourth-order valence-corrected chi connectivity index (χ4v) is 10.4. The Morgan fingerprint density at radius 2 is 1.46 bits per heavy atom.